The van der Waals surface area contributed by atoms with E-state index in [-0.39, 0.29) is 0 Å². The molecule has 0 unspecified atom stereocenters. The molecule has 4 aromatic rings. The van der Waals surface area contributed by atoms with E-state index in [1.165, 1.54) is 11.1 Å². The van der Waals surface area contributed by atoms with Gasteiger partial charge in [-0.25, -0.2) is 4.68 Å². The van der Waals surface area contributed by atoms with Crippen molar-refractivity contribution in [2.75, 3.05) is 0 Å². The first-order chi connectivity index (χ1) is 11.4. The average molecular weight is 296 g/mol. The van der Waals surface area contributed by atoms with Crippen LogP contribution in [0, 0.1) is 0 Å². The third-order valence-corrected chi connectivity index (χ3v) is 3.93. The maximum atomic E-state index is 4.48. The molecule has 0 spiro atoms. The van der Waals surface area contributed by atoms with Crippen molar-refractivity contribution in [3.05, 3.63) is 97.2 Å². The lowest BCUT2D eigenvalue weighted by Crippen LogP contribution is -1.98. The van der Waals surface area contributed by atoms with E-state index < -0.39 is 0 Å². The first kappa shape index (κ1) is 13.5. The van der Waals surface area contributed by atoms with Crippen LogP contribution in [0.5, 0.6) is 0 Å². The molecule has 0 atom stereocenters. The second-order valence-corrected chi connectivity index (χ2v) is 5.41. The number of hydrogen-bond acceptors (Lipinski definition) is 1. The molecule has 23 heavy (non-hydrogen) atoms. The smallest absolute Gasteiger partial charge is 0.0740 e. The fraction of sp³-hybridized carbons (Fsp3) is 0. The first-order valence-corrected chi connectivity index (χ1v) is 7.67. The van der Waals surface area contributed by atoms with Crippen molar-refractivity contribution in [2.45, 2.75) is 0 Å². The molecule has 1 heterocycles. The summed E-state index contributed by atoms with van der Waals surface area (Å²) in [6.45, 7) is 0. The quantitative estimate of drug-likeness (QED) is 0.507. The topological polar surface area (TPSA) is 17.8 Å². The van der Waals surface area contributed by atoms with E-state index in [2.05, 4.69) is 65.8 Å². The summed E-state index contributed by atoms with van der Waals surface area (Å²) in [5.74, 6) is 0. The maximum absolute atomic E-state index is 4.48. The van der Waals surface area contributed by atoms with Crippen LogP contribution in [0.15, 0.2) is 97.2 Å². The Bertz CT molecular complexity index is 892. The molecule has 110 valence electrons. The number of hydrogen-bond donors (Lipinski definition) is 0. The molecule has 0 bridgehead atoms. The van der Waals surface area contributed by atoms with E-state index in [0.29, 0.717) is 0 Å². The number of aromatic nitrogens is 2. The average Bonchev–Trinajstić information content (AvgIpc) is 3.13. The van der Waals surface area contributed by atoms with Crippen LogP contribution in [0.25, 0.3) is 28.1 Å². The molecule has 0 N–H and O–H groups in total. The van der Waals surface area contributed by atoms with Gasteiger partial charge in [0, 0.05) is 5.56 Å². The van der Waals surface area contributed by atoms with E-state index in [1.807, 2.05) is 41.2 Å². The summed E-state index contributed by atoms with van der Waals surface area (Å²) in [6, 6.07) is 31.3. The lowest BCUT2D eigenvalue weighted by molar-refractivity contribution is 0.888. The lowest BCUT2D eigenvalue weighted by atomic mass is 10.1. The van der Waals surface area contributed by atoms with Gasteiger partial charge in [-0.05, 0) is 29.3 Å². The Kier molecular flexibility index (Phi) is 3.49. The highest BCUT2D eigenvalue weighted by Gasteiger charge is 2.07. The Hall–Kier alpha value is -3.13. The largest absolute Gasteiger partial charge is 0.233 e. The Morgan fingerprint density at radius 1 is 0.522 bits per heavy atom. The molecule has 0 fully saturated rings. The number of nitrogens with zero attached hydrogens (tertiary/aromatic N) is 2. The van der Waals surface area contributed by atoms with Crippen LogP contribution in [-0.2, 0) is 0 Å². The van der Waals surface area contributed by atoms with Gasteiger partial charge in [0.25, 0.3) is 0 Å². The van der Waals surface area contributed by atoms with Gasteiger partial charge >= 0.3 is 0 Å². The van der Waals surface area contributed by atoms with E-state index in [4.69, 9.17) is 0 Å². The van der Waals surface area contributed by atoms with E-state index in [9.17, 15) is 0 Å². The van der Waals surface area contributed by atoms with E-state index in [0.717, 1.165) is 16.9 Å². The van der Waals surface area contributed by atoms with Crippen molar-refractivity contribution < 1.29 is 0 Å². The minimum absolute atomic E-state index is 1.06. The van der Waals surface area contributed by atoms with Crippen molar-refractivity contribution in [3.63, 3.8) is 0 Å². The molecular weight excluding hydrogens is 280 g/mol. The normalized spacial score (nSPS) is 10.6. The number of rotatable bonds is 3. The van der Waals surface area contributed by atoms with Gasteiger partial charge in [0.05, 0.1) is 17.6 Å². The van der Waals surface area contributed by atoms with Crippen LogP contribution in [0.2, 0.25) is 0 Å². The molecule has 2 heteroatoms. The van der Waals surface area contributed by atoms with Gasteiger partial charge < -0.3 is 0 Å². The van der Waals surface area contributed by atoms with Gasteiger partial charge in [0.2, 0.25) is 0 Å². The molecule has 0 aliphatic rings. The molecule has 0 aliphatic carbocycles. The van der Waals surface area contributed by atoms with Crippen molar-refractivity contribution in [1.82, 2.24) is 9.78 Å². The molecule has 2 nitrogen and oxygen atoms in total. The molecule has 0 aliphatic heterocycles. The summed E-state index contributed by atoms with van der Waals surface area (Å²) in [5, 5.41) is 4.48. The van der Waals surface area contributed by atoms with Crippen LogP contribution < -0.4 is 0 Å². The summed E-state index contributed by atoms with van der Waals surface area (Å²) < 4.78 is 1.98. The monoisotopic (exact) mass is 296 g/mol. The molecule has 0 amide bonds. The lowest BCUT2D eigenvalue weighted by Gasteiger charge is -2.09. The maximum Gasteiger partial charge on any atom is 0.0740 e. The third-order valence-electron chi connectivity index (χ3n) is 3.93. The minimum Gasteiger partial charge on any atom is -0.233 e. The summed E-state index contributed by atoms with van der Waals surface area (Å²) in [7, 11) is 0. The van der Waals surface area contributed by atoms with Crippen LogP contribution in [-0.4, -0.2) is 9.78 Å². The van der Waals surface area contributed by atoms with Crippen LogP contribution in [0.1, 0.15) is 0 Å². The second-order valence-electron chi connectivity index (χ2n) is 5.41. The Labute approximate surface area is 135 Å². The van der Waals surface area contributed by atoms with Crippen LogP contribution >= 0.6 is 0 Å². The zero-order valence-corrected chi connectivity index (χ0v) is 12.6. The zero-order chi connectivity index (χ0) is 15.5. The summed E-state index contributed by atoms with van der Waals surface area (Å²) >= 11 is 0. The SMILES string of the molecule is c1ccc(-c2ccc(-n3nccc3-c3ccccc3)cc2)cc1. The fourth-order valence-electron chi connectivity index (χ4n) is 2.76. The van der Waals surface area contributed by atoms with Crippen molar-refractivity contribution in [2.24, 2.45) is 0 Å². The van der Waals surface area contributed by atoms with Gasteiger partial charge in [-0.1, -0.05) is 72.8 Å². The summed E-state index contributed by atoms with van der Waals surface area (Å²) in [6.07, 6.45) is 1.84. The molecule has 4 rings (SSSR count). The van der Waals surface area contributed by atoms with Crippen LogP contribution in [0.4, 0.5) is 0 Å². The Morgan fingerprint density at radius 3 is 1.74 bits per heavy atom. The minimum atomic E-state index is 1.06. The molecule has 0 radical (unpaired) electrons. The molecular formula is C21H16N2. The predicted molar refractivity (Wildman–Crippen MR) is 94.4 cm³/mol. The van der Waals surface area contributed by atoms with Crippen LogP contribution in [0.3, 0.4) is 0 Å². The standard InChI is InChI=1S/C21H16N2/c1-3-7-17(8-4-1)18-11-13-20(14-12-18)23-21(15-16-22-23)19-9-5-2-6-10-19/h1-16H. The highest BCUT2D eigenvalue weighted by Crippen LogP contribution is 2.24. The number of benzene rings is 3. The van der Waals surface area contributed by atoms with Gasteiger partial charge in [0.15, 0.2) is 0 Å². The van der Waals surface area contributed by atoms with E-state index in [1.54, 1.807) is 0 Å². The van der Waals surface area contributed by atoms with Gasteiger partial charge in [-0.2, -0.15) is 5.10 Å². The third kappa shape index (κ3) is 2.67. The van der Waals surface area contributed by atoms with Gasteiger partial charge in [-0.15, -0.1) is 0 Å². The zero-order valence-electron chi connectivity index (χ0n) is 12.6. The Balaban J connectivity index is 1.72. The highest BCUT2D eigenvalue weighted by atomic mass is 15.3. The van der Waals surface area contributed by atoms with Crippen molar-refractivity contribution in [1.29, 1.82) is 0 Å². The molecule has 0 saturated heterocycles. The predicted octanol–water partition coefficient (Wildman–Crippen LogP) is 5.21. The molecule has 1 aromatic heterocycles. The molecule has 3 aromatic carbocycles. The highest BCUT2D eigenvalue weighted by molar-refractivity contribution is 5.66. The summed E-state index contributed by atoms with van der Waals surface area (Å²) in [4.78, 5) is 0. The Morgan fingerprint density at radius 2 is 1.09 bits per heavy atom. The van der Waals surface area contributed by atoms with Gasteiger partial charge in [0.1, 0.15) is 0 Å². The van der Waals surface area contributed by atoms with Gasteiger partial charge in [-0.3, -0.25) is 0 Å². The molecule has 0 saturated carbocycles. The second kappa shape index (κ2) is 5.93. The van der Waals surface area contributed by atoms with E-state index >= 15 is 0 Å². The van der Waals surface area contributed by atoms with Crippen molar-refractivity contribution in [3.8, 4) is 28.1 Å². The summed E-state index contributed by atoms with van der Waals surface area (Å²) in [5.41, 5.74) is 5.76. The van der Waals surface area contributed by atoms with Crippen molar-refractivity contribution >= 4 is 0 Å². The first-order valence-electron chi connectivity index (χ1n) is 7.67. The fourth-order valence-corrected chi connectivity index (χ4v) is 2.76.